The summed E-state index contributed by atoms with van der Waals surface area (Å²) in [5.41, 5.74) is 7.19. The van der Waals surface area contributed by atoms with Gasteiger partial charge in [-0.3, -0.25) is 4.79 Å². The smallest absolute Gasteiger partial charge is 0.244 e. The summed E-state index contributed by atoms with van der Waals surface area (Å²) >= 11 is 0. The molecule has 1 aromatic carbocycles. The molecule has 0 aromatic heterocycles. The first-order chi connectivity index (χ1) is 8.61. The number of anilines is 1. The minimum atomic E-state index is -0.341. The van der Waals surface area contributed by atoms with Crippen molar-refractivity contribution in [3.8, 4) is 0 Å². The highest BCUT2D eigenvalue weighted by molar-refractivity contribution is 5.91. The van der Waals surface area contributed by atoms with Gasteiger partial charge in [-0.15, -0.1) is 0 Å². The molecule has 0 spiro atoms. The molecule has 0 aliphatic rings. The highest BCUT2D eigenvalue weighted by Gasteiger charge is 2.01. The van der Waals surface area contributed by atoms with Crippen molar-refractivity contribution in [2.45, 2.75) is 25.9 Å². The van der Waals surface area contributed by atoms with Crippen LogP contribution in [-0.2, 0) is 4.79 Å². The number of rotatable bonds is 6. The van der Waals surface area contributed by atoms with E-state index in [0.717, 1.165) is 5.56 Å². The Kier molecular flexibility index (Phi) is 5.94. The number of nitrogen functional groups attached to an aromatic ring is 1. The first kappa shape index (κ1) is 14.3. The second kappa shape index (κ2) is 7.50. The van der Waals surface area contributed by atoms with Crippen LogP contribution in [0.3, 0.4) is 0 Å². The molecule has 0 saturated heterocycles. The summed E-state index contributed by atoms with van der Waals surface area (Å²) in [5, 5.41) is 12.0. The van der Waals surface area contributed by atoms with E-state index in [0.29, 0.717) is 25.1 Å². The molecule has 0 bridgehead atoms. The maximum atomic E-state index is 11.4. The molecule has 0 saturated carbocycles. The van der Waals surface area contributed by atoms with Crippen LogP contribution >= 0.6 is 0 Å². The lowest BCUT2D eigenvalue weighted by Gasteiger charge is -2.07. The molecule has 18 heavy (non-hydrogen) atoms. The molecule has 1 amide bonds. The summed E-state index contributed by atoms with van der Waals surface area (Å²) in [4.78, 5) is 11.4. The van der Waals surface area contributed by atoms with Crippen molar-refractivity contribution in [1.82, 2.24) is 5.32 Å². The largest absolute Gasteiger partial charge is 0.399 e. The van der Waals surface area contributed by atoms with E-state index in [9.17, 15) is 9.90 Å². The molecule has 0 radical (unpaired) electrons. The predicted octanol–water partition coefficient (Wildman–Crippen LogP) is 1.56. The van der Waals surface area contributed by atoms with Gasteiger partial charge in [0, 0.05) is 18.3 Å². The molecule has 4 heteroatoms. The molecule has 98 valence electrons. The maximum Gasteiger partial charge on any atom is 0.244 e. The first-order valence-corrected chi connectivity index (χ1v) is 6.11. The number of aliphatic hydroxyl groups is 1. The van der Waals surface area contributed by atoms with Crippen LogP contribution in [0.5, 0.6) is 0 Å². The van der Waals surface area contributed by atoms with E-state index >= 15 is 0 Å². The summed E-state index contributed by atoms with van der Waals surface area (Å²) in [6.45, 7) is 2.40. The van der Waals surface area contributed by atoms with Gasteiger partial charge in [-0.2, -0.15) is 0 Å². The Hall–Kier alpha value is -1.81. The number of carbonyl (C=O) groups is 1. The van der Waals surface area contributed by atoms with Crippen LogP contribution in [0.25, 0.3) is 6.08 Å². The van der Waals surface area contributed by atoms with Crippen molar-refractivity contribution in [3.05, 3.63) is 35.9 Å². The monoisotopic (exact) mass is 248 g/mol. The zero-order chi connectivity index (χ0) is 13.4. The minimum Gasteiger partial charge on any atom is -0.399 e. The Labute approximate surface area is 108 Å². The summed E-state index contributed by atoms with van der Waals surface area (Å²) < 4.78 is 0. The van der Waals surface area contributed by atoms with Gasteiger partial charge in [-0.05, 0) is 36.6 Å². The second-order valence-corrected chi connectivity index (χ2v) is 4.14. The van der Waals surface area contributed by atoms with Gasteiger partial charge < -0.3 is 16.2 Å². The van der Waals surface area contributed by atoms with E-state index in [2.05, 4.69) is 5.32 Å². The predicted molar refractivity (Wildman–Crippen MR) is 73.8 cm³/mol. The fourth-order valence-corrected chi connectivity index (χ4v) is 1.40. The summed E-state index contributed by atoms with van der Waals surface area (Å²) in [6, 6.07) is 7.27. The fourth-order valence-electron chi connectivity index (χ4n) is 1.40. The van der Waals surface area contributed by atoms with Gasteiger partial charge in [0.1, 0.15) is 0 Å². The van der Waals surface area contributed by atoms with Gasteiger partial charge in [-0.25, -0.2) is 0 Å². The van der Waals surface area contributed by atoms with Crippen molar-refractivity contribution in [2.24, 2.45) is 0 Å². The van der Waals surface area contributed by atoms with Crippen LogP contribution in [0.15, 0.2) is 30.3 Å². The van der Waals surface area contributed by atoms with Gasteiger partial charge in [-0.1, -0.05) is 19.1 Å². The standard InChI is InChI=1S/C14H20N2O2/c1-2-13(17)9-10-16-14(18)8-5-11-3-6-12(15)7-4-11/h3-8,13,17H,2,9-10,15H2,1H3,(H,16,18)/b8-5+. The number of aliphatic hydroxyl groups excluding tert-OH is 1. The highest BCUT2D eigenvalue weighted by Crippen LogP contribution is 2.06. The van der Waals surface area contributed by atoms with Crippen molar-refractivity contribution < 1.29 is 9.90 Å². The van der Waals surface area contributed by atoms with Gasteiger partial charge in [0.15, 0.2) is 0 Å². The maximum absolute atomic E-state index is 11.4. The third-order valence-electron chi connectivity index (χ3n) is 2.61. The van der Waals surface area contributed by atoms with E-state index in [1.807, 2.05) is 19.1 Å². The number of carbonyl (C=O) groups excluding carboxylic acids is 1. The molecule has 0 aliphatic heterocycles. The molecular weight excluding hydrogens is 228 g/mol. The van der Waals surface area contributed by atoms with Crippen LogP contribution in [0.1, 0.15) is 25.3 Å². The highest BCUT2D eigenvalue weighted by atomic mass is 16.3. The SMILES string of the molecule is CCC(O)CCNC(=O)/C=C/c1ccc(N)cc1. The van der Waals surface area contributed by atoms with Crippen LogP contribution in [0.4, 0.5) is 5.69 Å². The van der Waals surface area contributed by atoms with Gasteiger partial charge in [0.25, 0.3) is 0 Å². The number of benzene rings is 1. The number of nitrogens with one attached hydrogen (secondary N) is 1. The first-order valence-electron chi connectivity index (χ1n) is 6.11. The van der Waals surface area contributed by atoms with Gasteiger partial charge in [0.05, 0.1) is 6.10 Å². The van der Waals surface area contributed by atoms with Crippen molar-refractivity contribution in [1.29, 1.82) is 0 Å². The van der Waals surface area contributed by atoms with Crippen LogP contribution < -0.4 is 11.1 Å². The Morgan fingerprint density at radius 1 is 1.44 bits per heavy atom. The molecule has 4 N–H and O–H groups in total. The second-order valence-electron chi connectivity index (χ2n) is 4.14. The third-order valence-corrected chi connectivity index (χ3v) is 2.61. The van der Waals surface area contributed by atoms with E-state index in [1.165, 1.54) is 6.08 Å². The van der Waals surface area contributed by atoms with Gasteiger partial charge >= 0.3 is 0 Å². The summed E-state index contributed by atoms with van der Waals surface area (Å²) in [7, 11) is 0. The van der Waals surface area contributed by atoms with E-state index in [-0.39, 0.29) is 12.0 Å². The van der Waals surface area contributed by atoms with Crippen molar-refractivity contribution in [2.75, 3.05) is 12.3 Å². The average molecular weight is 248 g/mol. The number of hydrogen-bond donors (Lipinski definition) is 3. The summed E-state index contributed by atoms with van der Waals surface area (Å²) in [6.07, 6.45) is 4.15. The van der Waals surface area contributed by atoms with Crippen molar-refractivity contribution >= 4 is 17.7 Å². The molecule has 0 heterocycles. The Balaban J connectivity index is 2.33. The minimum absolute atomic E-state index is 0.157. The molecule has 0 aliphatic carbocycles. The Bertz CT molecular complexity index is 399. The zero-order valence-corrected chi connectivity index (χ0v) is 10.6. The van der Waals surface area contributed by atoms with Crippen LogP contribution in [-0.4, -0.2) is 23.7 Å². The lowest BCUT2D eigenvalue weighted by molar-refractivity contribution is -0.116. The quantitative estimate of drug-likeness (QED) is 0.528. The Morgan fingerprint density at radius 3 is 2.72 bits per heavy atom. The molecule has 0 fully saturated rings. The molecular formula is C14H20N2O2. The molecule has 4 nitrogen and oxygen atoms in total. The van der Waals surface area contributed by atoms with Crippen LogP contribution in [0, 0.1) is 0 Å². The van der Waals surface area contributed by atoms with Crippen molar-refractivity contribution in [3.63, 3.8) is 0 Å². The lowest BCUT2D eigenvalue weighted by Crippen LogP contribution is -2.25. The molecule has 1 aromatic rings. The van der Waals surface area contributed by atoms with Gasteiger partial charge in [0.2, 0.25) is 5.91 Å². The van der Waals surface area contributed by atoms with Crippen LogP contribution in [0.2, 0.25) is 0 Å². The normalized spacial score (nSPS) is 12.6. The van der Waals surface area contributed by atoms with E-state index < -0.39 is 0 Å². The molecule has 1 atom stereocenters. The molecule has 1 rings (SSSR count). The Morgan fingerprint density at radius 2 is 2.11 bits per heavy atom. The lowest BCUT2D eigenvalue weighted by atomic mass is 10.2. The molecule has 1 unspecified atom stereocenters. The number of amides is 1. The average Bonchev–Trinajstić information content (AvgIpc) is 2.38. The summed E-state index contributed by atoms with van der Waals surface area (Å²) in [5.74, 6) is -0.157. The number of hydrogen-bond acceptors (Lipinski definition) is 3. The topological polar surface area (TPSA) is 75.3 Å². The number of nitrogens with two attached hydrogens (primary N) is 1. The third kappa shape index (κ3) is 5.50. The van der Waals surface area contributed by atoms with E-state index in [4.69, 9.17) is 5.73 Å². The zero-order valence-electron chi connectivity index (χ0n) is 10.6. The van der Waals surface area contributed by atoms with E-state index in [1.54, 1.807) is 18.2 Å². The fraction of sp³-hybridized carbons (Fsp3) is 0.357.